The number of carbonyl (C=O) groups is 2. The van der Waals surface area contributed by atoms with Crippen LogP contribution in [0.4, 0.5) is 11.4 Å². The number of likely N-dealkylation sites (tertiary alicyclic amines) is 1. The van der Waals surface area contributed by atoms with Gasteiger partial charge in [0, 0.05) is 49.9 Å². The summed E-state index contributed by atoms with van der Waals surface area (Å²) < 4.78 is 0. The maximum absolute atomic E-state index is 12.9. The zero-order valence-corrected chi connectivity index (χ0v) is 13.9. The molecule has 2 amide bonds. The Morgan fingerprint density at radius 1 is 1.36 bits per heavy atom. The molecule has 0 bridgehead atoms. The molecule has 1 aromatic rings. The number of anilines is 1. The van der Waals surface area contributed by atoms with E-state index in [0.717, 1.165) is 19.3 Å². The maximum atomic E-state index is 12.9. The van der Waals surface area contributed by atoms with E-state index in [4.69, 9.17) is 11.5 Å². The summed E-state index contributed by atoms with van der Waals surface area (Å²) in [6.07, 6.45) is 2.78. The van der Waals surface area contributed by atoms with Gasteiger partial charge in [0.15, 0.2) is 0 Å². The summed E-state index contributed by atoms with van der Waals surface area (Å²) in [6, 6.07) is 3.68. The summed E-state index contributed by atoms with van der Waals surface area (Å²) in [5.74, 6) is -0.505. The van der Waals surface area contributed by atoms with Gasteiger partial charge in [-0.05, 0) is 25.3 Å². The van der Waals surface area contributed by atoms with Gasteiger partial charge in [-0.25, -0.2) is 0 Å². The van der Waals surface area contributed by atoms with Gasteiger partial charge in [0.2, 0.25) is 5.91 Å². The number of rotatable bonds is 6. The quantitative estimate of drug-likeness (QED) is 0.390. The van der Waals surface area contributed by atoms with Crippen LogP contribution in [0, 0.1) is 10.1 Å². The number of carbonyl (C=O) groups excluding carboxylic acids is 2. The highest BCUT2D eigenvalue weighted by molar-refractivity contribution is 6.00. The maximum Gasteiger partial charge on any atom is 0.270 e. The lowest BCUT2D eigenvalue weighted by Crippen LogP contribution is -2.49. The smallest absolute Gasteiger partial charge is 0.270 e. The second-order valence-electron chi connectivity index (χ2n) is 6.02. The lowest BCUT2D eigenvalue weighted by Gasteiger charge is -2.36. The number of nitro groups is 1. The number of hydrogen-bond acceptors (Lipinski definition) is 6. The summed E-state index contributed by atoms with van der Waals surface area (Å²) >= 11 is 0. The number of nitro benzene ring substituents is 1. The minimum Gasteiger partial charge on any atom is -0.398 e. The molecule has 5 N–H and O–H groups in total. The summed E-state index contributed by atoms with van der Waals surface area (Å²) in [5.41, 5.74) is 11.3. The molecule has 0 radical (unpaired) electrons. The van der Waals surface area contributed by atoms with Crippen LogP contribution in [0.25, 0.3) is 0 Å². The van der Waals surface area contributed by atoms with Crippen LogP contribution in [-0.4, -0.2) is 47.3 Å². The molecule has 0 aliphatic carbocycles. The predicted octanol–water partition coefficient (Wildman–Crippen LogP) is 0.637. The van der Waals surface area contributed by atoms with Crippen molar-refractivity contribution in [2.75, 3.05) is 25.4 Å². The molecule has 0 aromatic heterocycles. The predicted molar refractivity (Wildman–Crippen MR) is 92.9 cm³/mol. The Bertz CT molecular complexity index is 664. The molecule has 0 saturated carbocycles. The van der Waals surface area contributed by atoms with Crippen LogP contribution in [0.1, 0.15) is 36.0 Å². The SMILES string of the molecule is NCCC(=O)NCC1CCCCN1C(=O)c1cc([N+](=O)[O-])ccc1N. The van der Waals surface area contributed by atoms with Crippen LogP contribution in [0.15, 0.2) is 18.2 Å². The molecule has 1 unspecified atom stereocenters. The fraction of sp³-hybridized carbons (Fsp3) is 0.500. The normalized spacial score (nSPS) is 17.2. The topological polar surface area (TPSA) is 145 Å². The second kappa shape index (κ2) is 8.43. The van der Waals surface area contributed by atoms with E-state index < -0.39 is 4.92 Å². The van der Waals surface area contributed by atoms with Gasteiger partial charge in [-0.1, -0.05) is 0 Å². The Labute approximate surface area is 145 Å². The zero-order valence-electron chi connectivity index (χ0n) is 13.9. The van der Waals surface area contributed by atoms with Crippen molar-refractivity contribution in [2.24, 2.45) is 5.73 Å². The Morgan fingerprint density at radius 3 is 2.80 bits per heavy atom. The van der Waals surface area contributed by atoms with E-state index in [0.29, 0.717) is 13.1 Å². The molecule has 9 heteroatoms. The van der Waals surface area contributed by atoms with Crippen molar-refractivity contribution in [3.8, 4) is 0 Å². The monoisotopic (exact) mass is 349 g/mol. The van der Waals surface area contributed by atoms with E-state index in [9.17, 15) is 19.7 Å². The van der Waals surface area contributed by atoms with E-state index >= 15 is 0 Å². The largest absolute Gasteiger partial charge is 0.398 e. The van der Waals surface area contributed by atoms with Gasteiger partial charge in [0.25, 0.3) is 11.6 Å². The van der Waals surface area contributed by atoms with Crippen molar-refractivity contribution in [1.29, 1.82) is 0 Å². The summed E-state index contributed by atoms with van der Waals surface area (Å²) in [5, 5.41) is 13.7. The standard InChI is InChI=1S/C16H23N5O4/c17-7-6-15(22)19-10-12-3-1-2-8-20(12)16(23)13-9-11(21(24)25)4-5-14(13)18/h4-5,9,12H,1-3,6-8,10,17-18H2,(H,19,22). The molecule has 2 rings (SSSR count). The van der Waals surface area contributed by atoms with E-state index in [2.05, 4.69) is 5.32 Å². The first-order chi connectivity index (χ1) is 11.9. The van der Waals surface area contributed by atoms with Crippen molar-refractivity contribution in [2.45, 2.75) is 31.7 Å². The first-order valence-corrected chi connectivity index (χ1v) is 8.25. The lowest BCUT2D eigenvalue weighted by atomic mass is 10.00. The Morgan fingerprint density at radius 2 is 2.12 bits per heavy atom. The molecule has 1 saturated heterocycles. The Kier molecular flexibility index (Phi) is 6.29. The summed E-state index contributed by atoms with van der Waals surface area (Å²) in [7, 11) is 0. The molecule has 9 nitrogen and oxygen atoms in total. The fourth-order valence-corrected chi connectivity index (χ4v) is 2.93. The molecule has 0 spiro atoms. The van der Waals surface area contributed by atoms with Gasteiger partial charge in [0.05, 0.1) is 10.5 Å². The number of nitrogens with zero attached hydrogens (tertiary/aromatic N) is 2. The average Bonchev–Trinajstić information content (AvgIpc) is 2.60. The minimum atomic E-state index is -0.559. The second-order valence-corrected chi connectivity index (χ2v) is 6.02. The first-order valence-electron chi connectivity index (χ1n) is 8.25. The zero-order chi connectivity index (χ0) is 18.4. The highest BCUT2D eigenvalue weighted by Crippen LogP contribution is 2.25. The van der Waals surface area contributed by atoms with E-state index in [1.165, 1.54) is 18.2 Å². The molecule has 1 aliphatic rings. The molecule has 1 atom stereocenters. The van der Waals surface area contributed by atoms with Crippen LogP contribution >= 0.6 is 0 Å². The van der Waals surface area contributed by atoms with Crippen molar-refractivity contribution in [1.82, 2.24) is 10.2 Å². The van der Waals surface area contributed by atoms with Crippen LogP contribution in [0.2, 0.25) is 0 Å². The van der Waals surface area contributed by atoms with Crippen LogP contribution in [-0.2, 0) is 4.79 Å². The van der Waals surface area contributed by atoms with Crippen LogP contribution in [0.3, 0.4) is 0 Å². The lowest BCUT2D eigenvalue weighted by molar-refractivity contribution is -0.384. The van der Waals surface area contributed by atoms with Gasteiger partial charge in [-0.3, -0.25) is 19.7 Å². The highest BCUT2D eigenvalue weighted by Gasteiger charge is 2.29. The average molecular weight is 349 g/mol. The van der Waals surface area contributed by atoms with Crippen molar-refractivity contribution in [3.05, 3.63) is 33.9 Å². The van der Waals surface area contributed by atoms with Crippen molar-refractivity contribution >= 4 is 23.2 Å². The van der Waals surface area contributed by atoms with Crippen LogP contribution in [0.5, 0.6) is 0 Å². The summed E-state index contributed by atoms with van der Waals surface area (Å²) in [4.78, 5) is 36.5. The van der Waals surface area contributed by atoms with Crippen LogP contribution < -0.4 is 16.8 Å². The fourth-order valence-electron chi connectivity index (χ4n) is 2.93. The van der Waals surface area contributed by atoms with Crippen molar-refractivity contribution in [3.63, 3.8) is 0 Å². The third-order valence-corrected chi connectivity index (χ3v) is 4.27. The highest BCUT2D eigenvalue weighted by atomic mass is 16.6. The number of piperidine rings is 1. The number of nitrogens with two attached hydrogens (primary N) is 2. The van der Waals surface area contributed by atoms with Gasteiger partial charge >= 0.3 is 0 Å². The first kappa shape index (κ1) is 18.7. The number of non-ortho nitro benzene ring substituents is 1. The van der Waals surface area contributed by atoms with Gasteiger partial charge in [-0.2, -0.15) is 0 Å². The summed E-state index contributed by atoms with van der Waals surface area (Å²) in [6.45, 7) is 1.13. The number of amides is 2. The third-order valence-electron chi connectivity index (χ3n) is 4.27. The molecule has 1 aromatic carbocycles. The molecule has 1 heterocycles. The van der Waals surface area contributed by atoms with E-state index in [-0.39, 0.29) is 47.8 Å². The number of benzene rings is 1. The molecule has 25 heavy (non-hydrogen) atoms. The number of hydrogen-bond donors (Lipinski definition) is 3. The van der Waals surface area contributed by atoms with E-state index in [1.807, 2.05) is 0 Å². The van der Waals surface area contributed by atoms with Crippen molar-refractivity contribution < 1.29 is 14.5 Å². The Hall–Kier alpha value is -2.68. The Balaban J connectivity index is 2.16. The molecular weight excluding hydrogens is 326 g/mol. The molecule has 1 aliphatic heterocycles. The molecule has 136 valence electrons. The third kappa shape index (κ3) is 4.66. The molecule has 1 fully saturated rings. The number of nitrogens with one attached hydrogen (secondary N) is 1. The van der Waals surface area contributed by atoms with Gasteiger partial charge in [0.1, 0.15) is 0 Å². The van der Waals surface area contributed by atoms with Gasteiger partial charge < -0.3 is 21.7 Å². The minimum absolute atomic E-state index is 0.120. The van der Waals surface area contributed by atoms with E-state index in [1.54, 1.807) is 4.90 Å². The number of nitrogen functional groups attached to an aromatic ring is 1. The van der Waals surface area contributed by atoms with Gasteiger partial charge in [-0.15, -0.1) is 0 Å². The molecular formula is C16H23N5O4.